The van der Waals surface area contributed by atoms with Crippen molar-refractivity contribution in [2.75, 3.05) is 17.7 Å². The number of fused-ring (bicyclic) bond motifs is 1. The van der Waals surface area contributed by atoms with E-state index < -0.39 is 0 Å². The SMILES string of the molecule is COc1cccc(NC(=O)c2ccccc2NC(=O)c2cccc3cccnc23)c1. The summed E-state index contributed by atoms with van der Waals surface area (Å²) in [6, 6.07) is 23.1. The van der Waals surface area contributed by atoms with Gasteiger partial charge in [-0.2, -0.15) is 0 Å². The lowest BCUT2D eigenvalue weighted by molar-refractivity contribution is 0.102. The van der Waals surface area contributed by atoms with Crippen LogP contribution in [-0.2, 0) is 0 Å². The molecule has 0 radical (unpaired) electrons. The van der Waals surface area contributed by atoms with Crippen LogP contribution >= 0.6 is 0 Å². The highest BCUT2D eigenvalue weighted by Gasteiger charge is 2.16. The standard InChI is InChI=1S/C24H19N3O3/c1-30-18-10-5-9-17(15-18)26-23(28)19-11-2-3-13-21(19)27-24(29)20-12-4-7-16-8-6-14-25-22(16)20/h2-15H,1H3,(H,26,28)(H,27,29). The minimum atomic E-state index is -0.338. The monoisotopic (exact) mass is 397 g/mol. The van der Waals surface area contributed by atoms with Crippen molar-refractivity contribution in [3.63, 3.8) is 0 Å². The lowest BCUT2D eigenvalue weighted by atomic mass is 10.1. The first-order chi connectivity index (χ1) is 14.7. The first-order valence-corrected chi connectivity index (χ1v) is 9.35. The summed E-state index contributed by atoms with van der Waals surface area (Å²) >= 11 is 0. The molecule has 30 heavy (non-hydrogen) atoms. The third-order valence-electron chi connectivity index (χ3n) is 4.62. The van der Waals surface area contributed by atoms with E-state index in [4.69, 9.17) is 4.74 Å². The number of aromatic nitrogens is 1. The molecule has 0 spiro atoms. The van der Waals surface area contributed by atoms with Gasteiger partial charge in [-0.25, -0.2) is 0 Å². The van der Waals surface area contributed by atoms with Crippen LogP contribution in [0, 0.1) is 0 Å². The Morgan fingerprint density at radius 3 is 2.40 bits per heavy atom. The second-order valence-corrected chi connectivity index (χ2v) is 6.57. The largest absolute Gasteiger partial charge is 0.497 e. The van der Waals surface area contributed by atoms with Gasteiger partial charge < -0.3 is 15.4 Å². The van der Waals surface area contributed by atoms with Crippen molar-refractivity contribution in [3.8, 4) is 5.75 Å². The highest BCUT2D eigenvalue weighted by Crippen LogP contribution is 2.22. The molecule has 6 nitrogen and oxygen atoms in total. The number of methoxy groups -OCH3 is 1. The number of hydrogen-bond donors (Lipinski definition) is 2. The number of benzene rings is 3. The first-order valence-electron chi connectivity index (χ1n) is 9.35. The Morgan fingerprint density at radius 1 is 0.800 bits per heavy atom. The maximum absolute atomic E-state index is 12.9. The topological polar surface area (TPSA) is 80.3 Å². The molecule has 2 amide bonds. The number of amides is 2. The van der Waals surface area contributed by atoms with Crippen molar-refractivity contribution in [2.45, 2.75) is 0 Å². The summed E-state index contributed by atoms with van der Waals surface area (Å²) in [6.45, 7) is 0. The minimum Gasteiger partial charge on any atom is -0.497 e. The van der Waals surface area contributed by atoms with Crippen LogP contribution in [0.2, 0.25) is 0 Å². The van der Waals surface area contributed by atoms with Crippen molar-refractivity contribution in [1.82, 2.24) is 4.98 Å². The predicted octanol–water partition coefficient (Wildman–Crippen LogP) is 4.75. The molecule has 6 heteroatoms. The van der Waals surface area contributed by atoms with Crippen LogP contribution in [0.25, 0.3) is 10.9 Å². The zero-order valence-corrected chi connectivity index (χ0v) is 16.3. The number of carbonyl (C=O) groups excluding carboxylic acids is 2. The number of ether oxygens (including phenoxy) is 1. The van der Waals surface area contributed by atoms with Gasteiger partial charge in [0.25, 0.3) is 11.8 Å². The molecule has 1 aromatic heterocycles. The van der Waals surface area contributed by atoms with Gasteiger partial charge in [-0.15, -0.1) is 0 Å². The summed E-state index contributed by atoms with van der Waals surface area (Å²) in [5.74, 6) is -0.0334. The van der Waals surface area contributed by atoms with Gasteiger partial charge in [0.1, 0.15) is 5.75 Å². The molecule has 3 aromatic carbocycles. The molecule has 148 valence electrons. The molecule has 0 saturated carbocycles. The van der Waals surface area contributed by atoms with Crippen molar-refractivity contribution in [1.29, 1.82) is 0 Å². The predicted molar refractivity (Wildman–Crippen MR) is 117 cm³/mol. The number of nitrogens with zero attached hydrogens (tertiary/aromatic N) is 1. The van der Waals surface area contributed by atoms with Crippen LogP contribution in [0.4, 0.5) is 11.4 Å². The van der Waals surface area contributed by atoms with E-state index in [0.717, 1.165) is 5.39 Å². The number of para-hydroxylation sites is 2. The molecule has 0 fully saturated rings. The summed E-state index contributed by atoms with van der Waals surface area (Å²) in [7, 11) is 1.56. The lowest BCUT2D eigenvalue weighted by Gasteiger charge is -2.12. The maximum Gasteiger partial charge on any atom is 0.257 e. The second-order valence-electron chi connectivity index (χ2n) is 6.57. The zero-order chi connectivity index (χ0) is 20.9. The number of nitrogens with one attached hydrogen (secondary N) is 2. The van der Waals surface area contributed by atoms with E-state index in [0.29, 0.717) is 33.8 Å². The minimum absolute atomic E-state index is 0.332. The lowest BCUT2D eigenvalue weighted by Crippen LogP contribution is -2.18. The van der Waals surface area contributed by atoms with Crippen molar-refractivity contribution in [2.24, 2.45) is 0 Å². The Bertz CT molecular complexity index is 1230. The molecule has 0 saturated heterocycles. The molecule has 0 atom stereocenters. The van der Waals surface area contributed by atoms with Gasteiger partial charge in [0.15, 0.2) is 0 Å². The fourth-order valence-corrected chi connectivity index (χ4v) is 3.17. The third-order valence-corrected chi connectivity index (χ3v) is 4.62. The Hall–Kier alpha value is -4.19. The van der Waals surface area contributed by atoms with Gasteiger partial charge in [-0.3, -0.25) is 14.6 Å². The van der Waals surface area contributed by atoms with Crippen molar-refractivity contribution >= 4 is 34.1 Å². The van der Waals surface area contributed by atoms with Crippen molar-refractivity contribution in [3.05, 3.63) is 96.2 Å². The van der Waals surface area contributed by atoms with E-state index in [9.17, 15) is 9.59 Å². The van der Waals surface area contributed by atoms with Crippen LogP contribution < -0.4 is 15.4 Å². The average molecular weight is 397 g/mol. The van der Waals surface area contributed by atoms with E-state index in [1.165, 1.54) is 0 Å². The Morgan fingerprint density at radius 2 is 1.53 bits per heavy atom. The van der Waals surface area contributed by atoms with Gasteiger partial charge in [-0.05, 0) is 36.4 Å². The van der Waals surface area contributed by atoms with Gasteiger partial charge >= 0.3 is 0 Å². The first kappa shape index (κ1) is 19.1. The van der Waals surface area contributed by atoms with E-state index in [1.807, 2.05) is 18.2 Å². The molecule has 2 N–H and O–H groups in total. The number of anilines is 2. The fourth-order valence-electron chi connectivity index (χ4n) is 3.17. The van der Waals surface area contributed by atoms with Crippen LogP contribution in [0.15, 0.2) is 85.1 Å². The molecular weight excluding hydrogens is 378 g/mol. The van der Waals surface area contributed by atoms with E-state index in [2.05, 4.69) is 15.6 Å². The molecule has 0 bridgehead atoms. The van der Waals surface area contributed by atoms with Crippen LogP contribution in [0.5, 0.6) is 5.75 Å². The van der Waals surface area contributed by atoms with Crippen molar-refractivity contribution < 1.29 is 14.3 Å². The number of pyridine rings is 1. The number of hydrogen-bond acceptors (Lipinski definition) is 4. The van der Waals surface area contributed by atoms with Gasteiger partial charge in [0.2, 0.25) is 0 Å². The van der Waals surface area contributed by atoms with E-state index >= 15 is 0 Å². The molecule has 0 aliphatic carbocycles. The quantitative estimate of drug-likeness (QED) is 0.509. The highest BCUT2D eigenvalue weighted by atomic mass is 16.5. The summed E-state index contributed by atoms with van der Waals surface area (Å²) in [4.78, 5) is 30.1. The van der Waals surface area contributed by atoms with E-state index in [-0.39, 0.29) is 11.8 Å². The normalized spacial score (nSPS) is 10.4. The smallest absolute Gasteiger partial charge is 0.257 e. The summed E-state index contributed by atoms with van der Waals surface area (Å²) in [5.41, 5.74) is 2.41. The molecule has 0 unspecified atom stereocenters. The summed E-state index contributed by atoms with van der Waals surface area (Å²) in [6.07, 6.45) is 1.65. The zero-order valence-electron chi connectivity index (χ0n) is 16.3. The Labute approximate surface area is 173 Å². The second kappa shape index (κ2) is 8.45. The van der Waals surface area contributed by atoms with Crippen LogP contribution in [-0.4, -0.2) is 23.9 Å². The molecule has 4 aromatic rings. The molecule has 4 rings (SSSR count). The number of carbonyl (C=O) groups is 2. The van der Waals surface area contributed by atoms with Gasteiger partial charge in [-0.1, -0.05) is 36.4 Å². The Kier molecular flexibility index (Phi) is 5.39. The molecule has 0 aliphatic rings. The summed E-state index contributed by atoms with van der Waals surface area (Å²) in [5, 5.41) is 6.55. The fraction of sp³-hybridized carbons (Fsp3) is 0.0417. The molecule has 1 heterocycles. The van der Waals surface area contributed by atoms with Crippen LogP contribution in [0.1, 0.15) is 20.7 Å². The van der Waals surface area contributed by atoms with E-state index in [1.54, 1.807) is 74.0 Å². The highest BCUT2D eigenvalue weighted by molar-refractivity contribution is 6.15. The summed E-state index contributed by atoms with van der Waals surface area (Å²) < 4.78 is 5.19. The molecular formula is C24H19N3O3. The Balaban J connectivity index is 1.60. The molecule has 0 aliphatic heterocycles. The maximum atomic E-state index is 12.9. The average Bonchev–Trinajstić information content (AvgIpc) is 2.79. The van der Waals surface area contributed by atoms with Crippen LogP contribution in [0.3, 0.4) is 0 Å². The third kappa shape index (κ3) is 3.98. The van der Waals surface area contributed by atoms with Gasteiger partial charge in [0.05, 0.1) is 29.4 Å². The van der Waals surface area contributed by atoms with Gasteiger partial charge in [0, 0.05) is 23.3 Å². The number of rotatable bonds is 5.